The molecule has 12 heteroatoms. The Balaban J connectivity index is 1.95. The second-order valence-electron chi connectivity index (χ2n) is 7.18. The highest BCUT2D eigenvalue weighted by molar-refractivity contribution is 7.91. The van der Waals surface area contributed by atoms with Crippen LogP contribution in [0.2, 0.25) is 10.0 Å². The number of halogens is 5. The summed E-state index contributed by atoms with van der Waals surface area (Å²) in [7, 11) is -2.24. The Labute approximate surface area is 196 Å². The fourth-order valence-electron chi connectivity index (χ4n) is 3.34. The number of aryl methyl sites for hydroxylation is 1. The minimum absolute atomic E-state index is 0.0148. The van der Waals surface area contributed by atoms with Crippen molar-refractivity contribution in [3.8, 4) is 22.6 Å². The lowest BCUT2D eigenvalue weighted by molar-refractivity contribution is -0.141. The number of benzene rings is 1. The molecule has 0 saturated heterocycles. The van der Waals surface area contributed by atoms with Gasteiger partial charge in [0, 0.05) is 28.9 Å². The van der Waals surface area contributed by atoms with Crippen molar-refractivity contribution in [2.45, 2.75) is 18.0 Å². The second kappa shape index (κ2) is 8.27. The second-order valence-corrected chi connectivity index (χ2v) is 10.3. The number of aromatic nitrogens is 4. The summed E-state index contributed by atoms with van der Waals surface area (Å²) in [6, 6.07) is 7.02. The van der Waals surface area contributed by atoms with Crippen LogP contribution in [0.3, 0.4) is 0 Å². The van der Waals surface area contributed by atoms with Gasteiger partial charge in [0.2, 0.25) is 0 Å². The molecule has 0 aliphatic carbocycles. The average molecular weight is 515 g/mol. The zero-order valence-corrected chi connectivity index (χ0v) is 19.5. The predicted molar refractivity (Wildman–Crippen MR) is 120 cm³/mol. The predicted octanol–water partition coefficient (Wildman–Crippen LogP) is 5.82. The SMILES string of the molecule is CCS(=O)(=O)c1cc(-c2cc(Cl)cc(Cl)c2)cnc1-c1nc2cc(C(F)(F)F)ncc2n1C. The Morgan fingerprint density at radius 3 is 2.24 bits per heavy atom. The van der Waals surface area contributed by atoms with Crippen molar-refractivity contribution in [1.29, 1.82) is 0 Å². The Morgan fingerprint density at radius 2 is 1.64 bits per heavy atom. The normalized spacial score (nSPS) is 12.5. The molecule has 0 aliphatic heterocycles. The molecule has 0 aliphatic rings. The van der Waals surface area contributed by atoms with Crippen LogP contribution in [0.15, 0.2) is 47.6 Å². The summed E-state index contributed by atoms with van der Waals surface area (Å²) in [6.07, 6.45) is -2.16. The quantitative estimate of drug-likeness (QED) is 0.343. The van der Waals surface area contributed by atoms with Gasteiger partial charge in [-0.15, -0.1) is 0 Å². The molecule has 3 aromatic heterocycles. The maximum Gasteiger partial charge on any atom is 0.433 e. The van der Waals surface area contributed by atoms with Crippen LogP contribution in [0.25, 0.3) is 33.7 Å². The van der Waals surface area contributed by atoms with E-state index < -0.39 is 21.7 Å². The molecule has 0 atom stereocenters. The van der Waals surface area contributed by atoms with Crippen LogP contribution in [0.4, 0.5) is 13.2 Å². The zero-order valence-electron chi connectivity index (χ0n) is 17.2. The molecule has 0 fully saturated rings. The van der Waals surface area contributed by atoms with E-state index in [4.69, 9.17) is 23.2 Å². The van der Waals surface area contributed by atoms with Gasteiger partial charge in [0.05, 0.1) is 27.9 Å². The summed E-state index contributed by atoms with van der Waals surface area (Å²) in [5.74, 6) is -0.126. The van der Waals surface area contributed by atoms with E-state index in [9.17, 15) is 21.6 Å². The van der Waals surface area contributed by atoms with Crippen molar-refractivity contribution < 1.29 is 21.6 Å². The molecule has 0 N–H and O–H groups in total. The van der Waals surface area contributed by atoms with E-state index in [-0.39, 0.29) is 27.7 Å². The summed E-state index contributed by atoms with van der Waals surface area (Å²) in [5.41, 5.74) is 0.244. The summed E-state index contributed by atoms with van der Waals surface area (Å²) < 4.78 is 66.5. The zero-order chi connectivity index (χ0) is 24.1. The smallest absolute Gasteiger partial charge is 0.324 e. The highest BCUT2D eigenvalue weighted by Gasteiger charge is 2.33. The molecule has 4 rings (SSSR count). The Morgan fingerprint density at radius 1 is 0.970 bits per heavy atom. The van der Waals surface area contributed by atoms with Crippen LogP contribution in [0.1, 0.15) is 12.6 Å². The van der Waals surface area contributed by atoms with E-state index in [1.807, 2.05) is 0 Å². The molecule has 0 unspecified atom stereocenters. The molecule has 172 valence electrons. The van der Waals surface area contributed by atoms with Gasteiger partial charge < -0.3 is 4.57 Å². The maximum absolute atomic E-state index is 13.1. The first kappa shape index (κ1) is 23.5. The fourth-order valence-corrected chi connectivity index (χ4v) is 4.92. The molecular weight excluding hydrogens is 500 g/mol. The highest BCUT2D eigenvalue weighted by atomic mass is 35.5. The first-order chi connectivity index (χ1) is 15.4. The lowest BCUT2D eigenvalue weighted by Gasteiger charge is -2.12. The third-order valence-corrected chi connectivity index (χ3v) is 7.21. The number of rotatable bonds is 4. The van der Waals surface area contributed by atoms with Crippen molar-refractivity contribution in [1.82, 2.24) is 19.5 Å². The van der Waals surface area contributed by atoms with E-state index >= 15 is 0 Å². The first-order valence-corrected chi connectivity index (χ1v) is 11.9. The van der Waals surface area contributed by atoms with Crippen LogP contribution < -0.4 is 0 Å². The molecular formula is C21H15Cl2F3N4O2S. The third kappa shape index (κ3) is 4.42. The standard InChI is InChI=1S/C21H15Cl2F3N4O2S/c1-3-33(31,32)17-6-12(11-4-13(22)7-14(23)5-11)9-28-19(17)20-29-15-8-18(21(24,25)26)27-10-16(15)30(20)2/h4-10H,3H2,1-2H3. The Kier molecular flexibility index (Phi) is 5.88. The number of alkyl halides is 3. The topological polar surface area (TPSA) is 77.7 Å². The third-order valence-electron chi connectivity index (χ3n) is 5.03. The van der Waals surface area contributed by atoms with Crippen molar-refractivity contribution >= 4 is 44.1 Å². The molecule has 33 heavy (non-hydrogen) atoms. The molecule has 6 nitrogen and oxygen atoms in total. The van der Waals surface area contributed by atoms with Gasteiger partial charge in [0.15, 0.2) is 15.7 Å². The van der Waals surface area contributed by atoms with Crippen molar-refractivity contribution in [2.24, 2.45) is 7.05 Å². The van der Waals surface area contributed by atoms with Crippen LogP contribution in [-0.4, -0.2) is 33.7 Å². The van der Waals surface area contributed by atoms with Gasteiger partial charge in [-0.05, 0) is 35.9 Å². The van der Waals surface area contributed by atoms with E-state index in [0.29, 0.717) is 26.7 Å². The average Bonchev–Trinajstić information content (AvgIpc) is 3.08. The summed E-state index contributed by atoms with van der Waals surface area (Å²) in [4.78, 5) is 11.9. The van der Waals surface area contributed by atoms with Gasteiger partial charge in [0.25, 0.3) is 0 Å². The number of pyridine rings is 2. The Hall–Kier alpha value is -2.69. The van der Waals surface area contributed by atoms with E-state index in [1.54, 1.807) is 25.2 Å². The van der Waals surface area contributed by atoms with Gasteiger partial charge in [-0.25, -0.2) is 18.4 Å². The van der Waals surface area contributed by atoms with Crippen LogP contribution >= 0.6 is 23.2 Å². The fraction of sp³-hybridized carbons (Fsp3) is 0.190. The van der Waals surface area contributed by atoms with Crippen molar-refractivity contribution in [2.75, 3.05) is 5.75 Å². The lowest BCUT2D eigenvalue weighted by Crippen LogP contribution is -2.09. The minimum atomic E-state index is -4.64. The van der Waals surface area contributed by atoms with Crippen LogP contribution in [0, 0.1) is 0 Å². The molecule has 3 heterocycles. The van der Waals surface area contributed by atoms with E-state index in [0.717, 1.165) is 12.3 Å². The number of fused-ring (bicyclic) bond motifs is 1. The number of sulfone groups is 1. The molecule has 0 saturated carbocycles. The summed E-state index contributed by atoms with van der Waals surface area (Å²) in [6.45, 7) is 1.48. The lowest BCUT2D eigenvalue weighted by atomic mass is 10.1. The molecule has 1 aromatic carbocycles. The summed E-state index contributed by atoms with van der Waals surface area (Å²) >= 11 is 12.1. The van der Waals surface area contributed by atoms with Gasteiger partial charge in [-0.3, -0.25) is 4.98 Å². The number of hydrogen-bond acceptors (Lipinski definition) is 5. The number of imidazole rings is 1. The maximum atomic E-state index is 13.1. The highest BCUT2D eigenvalue weighted by Crippen LogP contribution is 2.35. The number of nitrogens with zero attached hydrogens (tertiary/aromatic N) is 4. The van der Waals surface area contributed by atoms with Crippen molar-refractivity contribution in [3.63, 3.8) is 0 Å². The largest absolute Gasteiger partial charge is 0.433 e. The molecule has 0 radical (unpaired) electrons. The summed E-state index contributed by atoms with van der Waals surface area (Å²) in [5, 5.41) is 0.731. The van der Waals surface area contributed by atoms with Gasteiger partial charge in [-0.2, -0.15) is 13.2 Å². The number of hydrogen-bond donors (Lipinski definition) is 0. The molecule has 0 spiro atoms. The molecule has 0 bridgehead atoms. The van der Waals surface area contributed by atoms with Crippen LogP contribution in [0.5, 0.6) is 0 Å². The van der Waals surface area contributed by atoms with Gasteiger partial charge in [0.1, 0.15) is 11.4 Å². The van der Waals surface area contributed by atoms with E-state index in [2.05, 4.69) is 15.0 Å². The minimum Gasteiger partial charge on any atom is -0.324 e. The van der Waals surface area contributed by atoms with Crippen molar-refractivity contribution in [3.05, 3.63) is 58.5 Å². The van der Waals surface area contributed by atoms with Gasteiger partial charge in [-0.1, -0.05) is 30.1 Å². The molecule has 0 amide bonds. The first-order valence-electron chi connectivity index (χ1n) is 9.50. The van der Waals surface area contributed by atoms with Gasteiger partial charge >= 0.3 is 6.18 Å². The molecule has 4 aromatic rings. The monoisotopic (exact) mass is 514 g/mol. The Bertz CT molecular complexity index is 1480. The van der Waals surface area contributed by atoms with E-state index in [1.165, 1.54) is 23.8 Å². The van der Waals surface area contributed by atoms with Crippen LogP contribution in [-0.2, 0) is 23.1 Å².